The molecule has 320 valence electrons. The third-order valence-electron chi connectivity index (χ3n) is 9.15. The molecule has 1 aliphatic rings. The van der Waals surface area contributed by atoms with E-state index in [9.17, 15) is 43.5 Å². The van der Waals surface area contributed by atoms with Gasteiger partial charge >= 0.3 is 5.97 Å². The number of carbonyl (C=O) groups is 8. The molecule has 13 N–H and O–H groups in total. The number of nitrogens with one attached hydrogen (secondary N) is 6. The second kappa shape index (κ2) is 26.3. The van der Waals surface area contributed by atoms with Crippen molar-refractivity contribution in [3.63, 3.8) is 0 Å². The van der Waals surface area contributed by atoms with E-state index in [1.807, 2.05) is 13.8 Å². The first-order chi connectivity index (χ1) is 26.4. The zero-order valence-corrected chi connectivity index (χ0v) is 34.7. The Balaban J connectivity index is 3.16. The molecule has 0 radical (unpaired) electrons. The molecule has 0 bridgehead atoms. The molecular formula is C35H64N10O9S2. The van der Waals surface area contributed by atoms with Crippen LogP contribution >= 0.6 is 25.3 Å². The minimum absolute atomic E-state index is 0.0719. The zero-order chi connectivity index (χ0) is 42.5. The number of nitrogens with two attached hydrogens (primary N) is 3. The summed E-state index contributed by atoms with van der Waals surface area (Å²) in [6.07, 6.45) is 3.29. The van der Waals surface area contributed by atoms with Gasteiger partial charge in [-0.3, -0.25) is 33.6 Å². The molecule has 1 rings (SSSR count). The number of hydrogen-bond acceptors (Lipinski definition) is 13. The molecule has 0 aromatic carbocycles. The summed E-state index contributed by atoms with van der Waals surface area (Å²) in [5, 5.41) is 25.0. The lowest BCUT2D eigenvalue weighted by Gasteiger charge is -2.30. The highest BCUT2D eigenvalue weighted by Crippen LogP contribution is 2.19. The Morgan fingerprint density at radius 3 is 1.66 bits per heavy atom. The van der Waals surface area contributed by atoms with Crippen LogP contribution in [-0.4, -0.2) is 137 Å². The summed E-state index contributed by atoms with van der Waals surface area (Å²) in [6, 6.07) is -8.59. The molecule has 19 nitrogen and oxygen atoms in total. The monoisotopic (exact) mass is 832 g/mol. The van der Waals surface area contributed by atoms with Gasteiger partial charge in [-0.15, -0.1) is 0 Å². The van der Waals surface area contributed by atoms with E-state index < -0.39 is 95.7 Å². The fraction of sp³-hybridized carbons (Fsp3) is 0.771. The van der Waals surface area contributed by atoms with Gasteiger partial charge in [0, 0.05) is 18.1 Å². The van der Waals surface area contributed by atoms with Crippen molar-refractivity contribution in [2.24, 2.45) is 23.1 Å². The molecule has 21 heteroatoms. The van der Waals surface area contributed by atoms with E-state index in [0.717, 1.165) is 0 Å². The van der Waals surface area contributed by atoms with Crippen molar-refractivity contribution in [3.05, 3.63) is 0 Å². The minimum atomic E-state index is -1.29. The number of amides is 7. The van der Waals surface area contributed by atoms with Crippen LogP contribution in [0.15, 0.2) is 0 Å². The van der Waals surface area contributed by atoms with Crippen LogP contribution in [-0.2, 0) is 38.4 Å². The molecule has 1 fully saturated rings. The van der Waals surface area contributed by atoms with Crippen LogP contribution in [0.3, 0.4) is 0 Å². The first kappa shape index (κ1) is 50.4. The predicted octanol–water partition coefficient (Wildman–Crippen LogP) is -2.50. The molecule has 0 aliphatic carbocycles. The smallest absolute Gasteiger partial charge is 0.327 e. The van der Waals surface area contributed by atoms with Crippen LogP contribution in [0.2, 0.25) is 0 Å². The number of likely N-dealkylation sites (tertiary alicyclic amines) is 1. The summed E-state index contributed by atoms with van der Waals surface area (Å²) in [6.45, 7) is 7.48. The number of aliphatic carboxylic acids is 1. The summed E-state index contributed by atoms with van der Waals surface area (Å²) in [4.78, 5) is 106. The summed E-state index contributed by atoms with van der Waals surface area (Å²) >= 11 is 7.96. The maximum Gasteiger partial charge on any atom is 0.327 e. The fourth-order valence-electron chi connectivity index (χ4n) is 5.92. The molecule has 1 aliphatic heterocycles. The van der Waals surface area contributed by atoms with E-state index in [1.54, 1.807) is 0 Å². The maximum atomic E-state index is 13.8. The van der Waals surface area contributed by atoms with Crippen molar-refractivity contribution in [1.82, 2.24) is 36.8 Å². The highest BCUT2D eigenvalue weighted by Gasteiger charge is 2.39. The molecule has 0 aromatic heterocycles. The van der Waals surface area contributed by atoms with Gasteiger partial charge in [-0.25, -0.2) is 4.79 Å². The minimum Gasteiger partial charge on any atom is -0.480 e. The van der Waals surface area contributed by atoms with Gasteiger partial charge in [-0.1, -0.05) is 13.8 Å². The highest BCUT2D eigenvalue weighted by atomic mass is 32.1. The van der Waals surface area contributed by atoms with Crippen LogP contribution in [0, 0.1) is 5.92 Å². The number of carboxylic acid groups (broad SMARTS) is 1. The molecule has 7 amide bonds. The SMILES string of the molecule is CC(C)C[C@H](NC(=O)[C@H](CCCCN)NC(=O)[C@@H]1CCCN1C(=O)[C@H](C)NC(=O)[C@H](C)NC(=O)[C@@H](N)CS)C(=O)N[C@@H](CCCCN)C(=O)N[C@@H](CS)C(=O)O. The molecule has 0 unspecified atom stereocenters. The lowest BCUT2D eigenvalue weighted by atomic mass is 10.0. The van der Waals surface area contributed by atoms with Crippen LogP contribution in [0.25, 0.3) is 0 Å². The fourth-order valence-corrected chi connectivity index (χ4v) is 6.33. The normalized spacial score (nSPS) is 17.7. The van der Waals surface area contributed by atoms with Gasteiger partial charge in [0.15, 0.2) is 0 Å². The Bertz CT molecular complexity index is 1340. The first-order valence-corrected chi connectivity index (χ1v) is 20.4. The van der Waals surface area contributed by atoms with Gasteiger partial charge in [0.25, 0.3) is 0 Å². The average molecular weight is 833 g/mol. The lowest BCUT2D eigenvalue weighted by Crippen LogP contribution is -2.59. The van der Waals surface area contributed by atoms with Crippen molar-refractivity contribution in [2.75, 3.05) is 31.1 Å². The maximum absolute atomic E-state index is 13.8. The van der Waals surface area contributed by atoms with Crippen LogP contribution in [0.1, 0.15) is 85.5 Å². The number of rotatable bonds is 26. The lowest BCUT2D eigenvalue weighted by molar-refractivity contribution is -0.142. The summed E-state index contributed by atoms with van der Waals surface area (Å²) in [5.74, 6) is -5.88. The molecule has 1 saturated heterocycles. The molecule has 0 spiro atoms. The Kier molecular flexibility index (Phi) is 23.6. The molecular weight excluding hydrogens is 769 g/mol. The quantitative estimate of drug-likeness (QED) is 0.0318. The van der Waals surface area contributed by atoms with E-state index in [1.165, 1.54) is 18.7 Å². The summed E-state index contributed by atoms with van der Waals surface area (Å²) < 4.78 is 0. The van der Waals surface area contributed by atoms with Crippen molar-refractivity contribution in [3.8, 4) is 0 Å². The third-order valence-corrected chi connectivity index (χ3v) is 9.91. The molecule has 8 atom stereocenters. The second-order valence-electron chi connectivity index (χ2n) is 14.4. The average Bonchev–Trinajstić information content (AvgIpc) is 3.65. The summed E-state index contributed by atoms with van der Waals surface area (Å²) in [7, 11) is 0. The number of carbonyl (C=O) groups excluding carboxylic acids is 7. The predicted molar refractivity (Wildman–Crippen MR) is 216 cm³/mol. The number of thiol groups is 2. The van der Waals surface area contributed by atoms with Gasteiger partial charge < -0.3 is 59.1 Å². The van der Waals surface area contributed by atoms with Gasteiger partial charge in [0.1, 0.15) is 42.3 Å². The number of hydrogen-bond donors (Lipinski definition) is 12. The topological polar surface area (TPSA) is 310 Å². The van der Waals surface area contributed by atoms with E-state index in [2.05, 4.69) is 57.2 Å². The largest absolute Gasteiger partial charge is 0.480 e. The second-order valence-corrected chi connectivity index (χ2v) is 15.1. The number of carboxylic acids is 1. The summed E-state index contributed by atoms with van der Waals surface area (Å²) in [5.41, 5.74) is 17.0. The van der Waals surface area contributed by atoms with E-state index in [4.69, 9.17) is 17.2 Å². The van der Waals surface area contributed by atoms with E-state index in [-0.39, 0.29) is 43.2 Å². The highest BCUT2D eigenvalue weighted by molar-refractivity contribution is 7.80. The molecule has 1 heterocycles. The van der Waals surface area contributed by atoms with Crippen molar-refractivity contribution >= 4 is 72.6 Å². The Hall–Kier alpha value is -3.66. The van der Waals surface area contributed by atoms with Gasteiger partial charge in [-0.2, -0.15) is 25.3 Å². The van der Waals surface area contributed by atoms with Gasteiger partial charge in [0.2, 0.25) is 41.4 Å². The zero-order valence-electron chi connectivity index (χ0n) is 32.9. The first-order valence-electron chi connectivity index (χ1n) is 19.1. The molecule has 56 heavy (non-hydrogen) atoms. The van der Waals surface area contributed by atoms with Crippen molar-refractivity contribution in [2.45, 2.75) is 134 Å². The Morgan fingerprint density at radius 2 is 1.16 bits per heavy atom. The molecule has 0 aromatic rings. The van der Waals surface area contributed by atoms with Crippen molar-refractivity contribution in [1.29, 1.82) is 0 Å². The van der Waals surface area contributed by atoms with Crippen LogP contribution in [0.4, 0.5) is 0 Å². The van der Waals surface area contributed by atoms with Crippen LogP contribution < -0.4 is 49.1 Å². The number of nitrogens with zero attached hydrogens (tertiary/aromatic N) is 1. The standard InChI is InChI=1S/C35H64N10O9S2/c1-19(2)16-25(32(50)41-23(10-5-7-13-36)31(49)44-26(18-56)35(53)54)43-30(48)24(11-6-8-14-37)42-33(51)27-12-9-15-45(27)34(52)21(4)40-28(46)20(3)39-29(47)22(38)17-55/h19-27,55-56H,5-18,36-38H2,1-4H3,(H,39,47)(H,40,46)(H,41,50)(H,42,51)(H,43,48)(H,44,49)(H,53,54)/t20-,21-,22-,23-,24-,25-,26-,27-/m0/s1. The Morgan fingerprint density at radius 1 is 0.661 bits per heavy atom. The Labute approximate surface area is 340 Å². The van der Waals surface area contributed by atoms with Gasteiger partial charge in [0.05, 0.1) is 6.04 Å². The third kappa shape index (κ3) is 17.2. The van der Waals surface area contributed by atoms with Crippen LogP contribution in [0.5, 0.6) is 0 Å². The van der Waals surface area contributed by atoms with Crippen molar-refractivity contribution < 1.29 is 43.5 Å². The van der Waals surface area contributed by atoms with Gasteiger partial charge in [-0.05, 0) is 90.6 Å². The van der Waals surface area contributed by atoms with E-state index in [0.29, 0.717) is 51.6 Å². The number of unbranched alkanes of at least 4 members (excludes halogenated alkanes) is 2. The van der Waals surface area contributed by atoms with E-state index >= 15 is 0 Å². The molecule has 0 saturated carbocycles.